The molecule has 4 nitrogen and oxygen atoms in total. The average Bonchev–Trinajstić information content (AvgIpc) is 2.35. The Labute approximate surface area is 107 Å². The highest BCUT2D eigenvalue weighted by Gasteiger charge is 2.04. The van der Waals surface area contributed by atoms with E-state index in [0.717, 1.165) is 18.8 Å². The Bertz CT molecular complexity index is 507. The molecular formula is C14H18N4. The molecule has 4 heteroatoms. The normalized spacial score (nSPS) is 10.8. The second-order valence-electron chi connectivity index (χ2n) is 4.53. The summed E-state index contributed by atoms with van der Waals surface area (Å²) in [6, 6.07) is 8.41. The number of aryl methyl sites for hydroxylation is 1. The molecule has 2 N–H and O–H groups in total. The van der Waals surface area contributed by atoms with Crippen LogP contribution in [0.1, 0.15) is 16.8 Å². The molecule has 1 aromatic carbocycles. The molecular weight excluding hydrogens is 224 g/mol. The summed E-state index contributed by atoms with van der Waals surface area (Å²) >= 11 is 0. The molecule has 0 spiro atoms. The molecule has 2 rings (SSSR count). The van der Waals surface area contributed by atoms with Crippen LogP contribution in [0.2, 0.25) is 0 Å². The van der Waals surface area contributed by atoms with Gasteiger partial charge in [0.2, 0.25) is 0 Å². The summed E-state index contributed by atoms with van der Waals surface area (Å²) in [5.41, 5.74) is 9.09. The van der Waals surface area contributed by atoms with Gasteiger partial charge < -0.3 is 5.73 Å². The molecule has 0 aliphatic carbocycles. The molecule has 0 radical (unpaired) electrons. The van der Waals surface area contributed by atoms with Crippen LogP contribution in [-0.2, 0) is 13.1 Å². The first-order chi connectivity index (χ1) is 8.65. The number of hydrogen-bond acceptors (Lipinski definition) is 4. The zero-order valence-electron chi connectivity index (χ0n) is 10.8. The van der Waals surface area contributed by atoms with Crippen LogP contribution in [0.4, 0.5) is 5.82 Å². The highest BCUT2D eigenvalue weighted by Crippen LogP contribution is 2.11. The van der Waals surface area contributed by atoms with Crippen molar-refractivity contribution < 1.29 is 0 Å². The van der Waals surface area contributed by atoms with Gasteiger partial charge in [0.05, 0.1) is 18.1 Å². The maximum atomic E-state index is 5.51. The second kappa shape index (κ2) is 5.60. The number of nitrogen functional groups attached to an aromatic ring is 1. The van der Waals surface area contributed by atoms with Gasteiger partial charge in [-0.1, -0.05) is 24.3 Å². The number of aromatic nitrogens is 2. The molecule has 0 bridgehead atoms. The van der Waals surface area contributed by atoms with Gasteiger partial charge in [-0.05, 0) is 25.1 Å². The van der Waals surface area contributed by atoms with Gasteiger partial charge >= 0.3 is 0 Å². The van der Waals surface area contributed by atoms with Gasteiger partial charge in [-0.25, -0.2) is 4.98 Å². The molecule has 0 fully saturated rings. The van der Waals surface area contributed by atoms with Crippen molar-refractivity contribution in [2.24, 2.45) is 0 Å². The maximum Gasteiger partial charge on any atom is 0.141 e. The van der Waals surface area contributed by atoms with Gasteiger partial charge in [0, 0.05) is 13.1 Å². The topological polar surface area (TPSA) is 55.0 Å². The largest absolute Gasteiger partial charge is 0.382 e. The van der Waals surface area contributed by atoms with E-state index >= 15 is 0 Å². The molecule has 0 saturated carbocycles. The van der Waals surface area contributed by atoms with Crippen molar-refractivity contribution in [3.63, 3.8) is 0 Å². The van der Waals surface area contributed by atoms with Crippen molar-refractivity contribution in [3.8, 4) is 0 Å². The minimum Gasteiger partial charge on any atom is -0.382 e. The standard InChI is InChI=1S/C14H18N4/c1-11-5-3-4-6-12(11)9-18(2)10-13-7-17-14(15)8-16-13/h3-8H,9-10H2,1-2H3,(H2,15,17). The average molecular weight is 242 g/mol. The highest BCUT2D eigenvalue weighted by atomic mass is 15.1. The number of benzene rings is 1. The lowest BCUT2D eigenvalue weighted by Crippen LogP contribution is -2.18. The van der Waals surface area contributed by atoms with Gasteiger partial charge in [-0.2, -0.15) is 0 Å². The lowest BCUT2D eigenvalue weighted by Gasteiger charge is -2.17. The Morgan fingerprint density at radius 1 is 1.11 bits per heavy atom. The number of nitrogens with two attached hydrogens (primary N) is 1. The van der Waals surface area contributed by atoms with Gasteiger partial charge in [0.15, 0.2) is 0 Å². The third-order valence-electron chi connectivity index (χ3n) is 2.86. The predicted octanol–water partition coefficient (Wildman–Crippen LogP) is 2.00. The fourth-order valence-electron chi connectivity index (χ4n) is 1.86. The van der Waals surface area contributed by atoms with Crippen molar-refractivity contribution in [3.05, 3.63) is 53.5 Å². The van der Waals surface area contributed by atoms with Crippen molar-refractivity contribution in [2.75, 3.05) is 12.8 Å². The molecule has 0 aliphatic rings. The van der Waals surface area contributed by atoms with E-state index in [4.69, 9.17) is 5.73 Å². The van der Waals surface area contributed by atoms with Crippen molar-refractivity contribution >= 4 is 5.82 Å². The summed E-state index contributed by atoms with van der Waals surface area (Å²) < 4.78 is 0. The lowest BCUT2D eigenvalue weighted by atomic mass is 10.1. The minimum absolute atomic E-state index is 0.459. The van der Waals surface area contributed by atoms with Crippen LogP contribution in [-0.4, -0.2) is 21.9 Å². The Morgan fingerprint density at radius 2 is 1.89 bits per heavy atom. The van der Waals surface area contributed by atoms with E-state index in [1.54, 1.807) is 12.4 Å². The minimum atomic E-state index is 0.459. The number of nitrogens with zero attached hydrogens (tertiary/aromatic N) is 3. The fourth-order valence-corrected chi connectivity index (χ4v) is 1.86. The van der Waals surface area contributed by atoms with Gasteiger partial charge in [-0.15, -0.1) is 0 Å². The third-order valence-corrected chi connectivity index (χ3v) is 2.86. The SMILES string of the molecule is Cc1ccccc1CN(C)Cc1cnc(N)cn1. The predicted molar refractivity (Wildman–Crippen MR) is 72.8 cm³/mol. The zero-order chi connectivity index (χ0) is 13.0. The van der Waals surface area contributed by atoms with E-state index in [0.29, 0.717) is 5.82 Å². The third kappa shape index (κ3) is 3.28. The molecule has 0 amide bonds. The first kappa shape index (κ1) is 12.5. The van der Waals surface area contributed by atoms with E-state index in [1.165, 1.54) is 11.1 Å². The lowest BCUT2D eigenvalue weighted by molar-refractivity contribution is 0.314. The van der Waals surface area contributed by atoms with E-state index in [1.807, 2.05) is 0 Å². The van der Waals surface area contributed by atoms with Crippen LogP contribution in [0.3, 0.4) is 0 Å². The van der Waals surface area contributed by atoms with Gasteiger partial charge in [0.1, 0.15) is 5.82 Å². The van der Waals surface area contributed by atoms with E-state index in [-0.39, 0.29) is 0 Å². The molecule has 0 atom stereocenters. The highest BCUT2D eigenvalue weighted by molar-refractivity contribution is 5.25. The molecule has 94 valence electrons. The van der Waals surface area contributed by atoms with Crippen LogP contribution >= 0.6 is 0 Å². The number of rotatable bonds is 4. The molecule has 0 aliphatic heterocycles. The van der Waals surface area contributed by atoms with Crippen molar-refractivity contribution in [2.45, 2.75) is 20.0 Å². The zero-order valence-corrected chi connectivity index (χ0v) is 10.8. The van der Waals surface area contributed by atoms with Gasteiger partial charge in [0.25, 0.3) is 0 Å². The summed E-state index contributed by atoms with van der Waals surface area (Å²) in [4.78, 5) is 10.5. The maximum absolute atomic E-state index is 5.51. The molecule has 1 aromatic heterocycles. The smallest absolute Gasteiger partial charge is 0.141 e. The summed E-state index contributed by atoms with van der Waals surface area (Å²) in [7, 11) is 2.07. The van der Waals surface area contributed by atoms with Crippen LogP contribution in [0.25, 0.3) is 0 Å². The Morgan fingerprint density at radius 3 is 2.56 bits per heavy atom. The molecule has 18 heavy (non-hydrogen) atoms. The quantitative estimate of drug-likeness (QED) is 0.891. The summed E-state index contributed by atoms with van der Waals surface area (Å²) in [5, 5.41) is 0. The monoisotopic (exact) mass is 242 g/mol. The first-order valence-electron chi connectivity index (χ1n) is 5.94. The van der Waals surface area contributed by atoms with E-state index in [9.17, 15) is 0 Å². The van der Waals surface area contributed by atoms with E-state index < -0.39 is 0 Å². The van der Waals surface area contributed by atoms with Crippen LogP contribution in [0.15, 0.2) is 36.7 Å². The summed E-state index contributed by atoms with van der Waals surface area (Å²) in [6.45, 7) is 3.80. The van der Waals surface area contributed by atoms with Crippen molar-refractivity contribution in [1.29, 1.82) is 0 Å². The second-order valence-corrected chi connectivity index (χ2v) is 4.53. The van der Waals surface area contributed by atoms with Crippen LogP contribution < -0.4 is 5.73 Å². The Kier molecular flexibility index (Phi) is 3.89. The number of hydrogen-bond donors (Lipinski definition) is 1. The molecule has 1 heterocycles. The van der Waals surface area contributed by atoms with Crippen molar-refractivity contribution in [1.82, 2.24) is 14.9 Å². The molecule has 2 aromatic rings. The Hall–Kier alpha value is -1.94. The number of anilines is 1. The van der Waals surface area contributed by atoms with Crippen LogP contribution in [0.5, 0.6) is 0 Å². The molecule has 0 unspecified atom stereocenters. The summed E-state index contributed by atoms with van der Waals surface area (Å²) in [6.07, 6.45) is 3.32. The first-order valence-corrected chi connectivity index (χ1v) is 5.94. The molecule has 0 saturated heterocycles. The fraction of sp³-hybridized carbons (Fsp3) is 0.286. The van der Waals surface area contributed by atoms with Crippen LogP contribution in [0, 0.1) is 6.92 Å². The van der Waals surface area contributed by atoms with E-state index in [2.05, 4.69) is 53.1 Å². The summed E-state index contributed by atoms with van der Waals surface area (Å²) in [5.74, 6) is 0.459. The Balaban J connectivity index is 1.99. The van der Waals surface area contributed by atoms with Gasteiger partial charge in [-0.3, -0.25) is 9.88 Å².